The van der Waals surface area contributed by atoms with E-state index in [-0.39, 0.29) is 29.8 Å². The fourth-order valence-corrected chi connectivity index (χ4v) is 3.02. The predicted octanol–water partition coefficient (Wildman–Crippen LogP) is 3.97. The van der Waals surface area contributed by atoms with Gasteiger partial charge in [-0.3, -0.25) is 4.99 Å². The van der Waals surface area contributed by atoms with Crippen LogP contribution in [0.2, 0.25) is 0 Å². The van der Waals surface area contributed by atoms with Crippen molar-refractivity contribution in [2.45, 2.75) is 13.0 Å². The van der Waals surface area contributed by atoms with Gasteiger partial charge in [0.2, 0.25) is 0 Å². The molecular weight excluding hydrogens is 480 g/mol. The monoisotopic (exact) mass is 507 g/mol. The van der Waals surface area contributed by atoms with Gasteiger partial charge in [0.1, 0.15) is 11.6 Å². The molecule has 29 heavy (non-hydrogen) atoms. The third-order valence-corrected chi connectivity index (χ3v) is 4.56. The van der Waals surface area contributed by atoms with E-state index in [2.05, 4.69) is 27.8 Å². The van der Waals surface area contributed by atoms with Crippen molar-refractivity contribution in [3.05, 3.63) is 71.5 Å². The highest BCUT2D eigenvalue weighted by Crippen LogP contribution is 2.21. The second kappa shape index (κ2) is 10.9. The van der Waals surface area contributed by atoms with E-state index in [4.69, 9.17) is 4.98 Å². The lowest BCUT2D eigenvalue weighted by molar-refractivity contribution is 0.606. The first kappa shape index (κ1) is 22.9. The average Bonchev–Trinajstić information content (AvgIpc) is 2.71. The molecule has 0 aliphatic rings. The molecule has 0 saturated carbocycles. The number of benzene rings is 2. The summed E-state index contributed by atoms with van der Waals surface area (Å²) in [6.07, 6.45) is 0.594. The molecule has 0 saturated heterocycles. The van der Waals surface area contributed by atoms with Gasteiger partial charge in [-0.1, -0.05) is 36.4 Å². The van der Waals surface area contributed by atoms with E-state index >= 15 is 0 Å². The normalized spacial score (nSPS) is 11.1. The van der Waals surface area contributed by atoms with Crippen molar-refractivity contribution in [2.24, 2.45) is 4.99 Å². The Balaban J connectivity index is 0.00000300. The number of aromatic nitrogens is 1. The number of hydrogen-bond donors (Lipinski definition) is 2. The smallest absolute Gasteiger partial charge is 0.191 e. The maximum absolute atomic E-state index is 13.7. The van der Waals surface area contributed by atoms with Crippen LogP contribution in [0.3, 0.4) is 0 Å². The van der Waals surface area contributed by atoms with Crippen molar-refractivity contribution in [1.29, 1.82) is 0 Å². The molecule has 154 valence electrons. The van der Waals surface area contributed by atoms with Gasteiger partial charge in [-0.2, -0.15) is 0 Å². The highest BCUT2D eigenvalue weighted by molar-refractivity contribution is 14.0. The molecule has 0 bridgehead atoms. The van der Waals surface area contributed by atoms with Crippen LogP contribution in [0, 0.1) is 5.82 Å². The maximum atomic E-state index is 13.7. The number of aliphatic imine (C=N–C) groups is 1. The molecule has 0 fully saturated rings. The number of anilines is 1. The minimum atomic E-state index is -0.174. The van der Waals surface area contributed by atoms with Gasteiger partial charge in [-0.15, -0.1) is 24.0 Å². The van der Waals surface area contributed by atoms with Crippen LogP contribution in [0.5, 0.6) is 0 Å². The summed E-state index contributed by atoms with van der Waals surface area (Å²) in [6, 6.07) is 17.0. The van der Waals surface area contributed by atoms with E-state index in [0.717, 1.165) is 22.3 Å². The lowest BCUT2D eigenvalue weighted by Crippen LogP contribution is -2.38. The first-order valence-electron chi connectivity index (χ1n) is 9.32. The number of nitrogens with one attached hydrogen (secondary N) is 2. The van der Waals surface area contributed by atoms with Crippen LogP contribution < -0.4 is 15.5 Å². The zero-order valence-electron chi connectivity index (χ0n) is 16.9. The Bertz CT molecular complexity index is 974. The fourth-order valence-electron chi connectivity index (χ4n) is 3.02. The van der Waals surface area contributed by atoms with Crippen LogP contribution in [0.25, 0.3) is 10.9 Å². The summed E-state index contributed by atoms with van der Waals surface area (Å²) in [6.45, 7) is 1.21. The Morgan fingerprint density at radius 1 is 1.03 bits per heavy atom. The first-order chi connectivity index (χ1) is 13.6. The van der Waals surface area contributed by atoms with Crippen molar-refractivity contribution in [3.8, 4) is 0 Å². The van der Waals surface area contributed by atoms with E-state index in [9.17, 15) is 4.39 Å². The zero-order chi connectivity index (χ0) is 19.9. The Morgan fingerprint density at radius 3 is 2.48 bits per heavy atom. The molecule has 0 radical (unpaired) electrons. The number of nitrogens with zero attached hydrogens (tertiary/aromatic N) is 3. The molecule has 2 N–H and O–H groups in total. The predicted molar refractivity (Wildman–Crippen MR) is 130 cm³/mol. The van der Waals surface area contributed by atoms with Gasteiger partial charge in [0, 0.05) is 39.6 Å². The molecule has 0 atom stereocenters. The topological polar surface area (TPSA) is 52.6 Å². The Labute approximate surface area is 188 Å². The van der Waals surface area contributed by atoms with Gasteiger partial charge < -0.3 is 15.5 Å². The Kier molecular flexibility index (Phi) is 8.63. The third-order valence-electron chi connectivity index (χ3n) is 4.56. The lowest BCUT2D eigenvalue weighted by atomic mass is 10.1. The Morgan fingerprint density at radius 2 is 1.76 bits per heavy atom. The van der Waals surface area contributed by atoms with Crippen LogP contribution in [0.4, 0.5) is 10.2 Å². The number of halogens is 2. The standard InChI is InChI=1S/C22H26FN5.HI/c1-24-22(25-13-12-16-8-4-6-10-19(16)23)26-15-17-14-21(28(2)3)27-20-11-7-5-9-18(17)20;/h4-11,14H,12-13,15H2,1-3H3,(H2,24,25,26);1H. The molecule has 0 amide bonds. The van der Waals surface area contributed by atoms with Crippen LogP contribution in [-0.4, -0.2) is 38.6 Å². The lowest BCUT2D eigenvalue weighted by Gasteiger charge is -2.17. The van der Waals surface area contributed by atoms with Crippen molar-refractivity contribution < 1.29 is 4.39 Å². The van der Waals surface area contributed by atoms with Crippen molar-refractivity contribution in [1.82, 2.24) is 15.6 Å². The molecule has 0 spiro atoms. The highest BCUT2D eigenvalue weighted by Gasteiger charge is 2.08. The maximum Gasteiger partial charge on any atom is 0.191 e. The zero-order valence-corrected chi connectivity index (χ0v) is 19.3. The Hall–Kier alpha value is -2.42. The number of rotatable bonds is 6. The van der Waals surface area contributed by atoms with Crippen molar-refractivity contribution >= 4 is 46.7 Å². The molecular formula is C22H27FIN5. The summed E-state index contributed by atoms with van der Waals surface area (Å²) in [5, 5.41) is 7.70. The summed E-state index contributed by atoms with van der Waals surface area (Å²) in [5.41, 5.74) is 2.81. The molecule has 0 unspecified atom stereocenters. The number of para-hydroxylation sites is 1. The van der Waals surface area contributed by atoms with E-state index in [1.165, 1.54) is 6.07 Å². The largest absolute Gasteiger partial charge is 0.363 e. The molecule has 3 aromatic rings. The number of fused-ring (bicyclic) bond motifs is 1. The first-order valence-corrected chi connectivity index (χ1v) is 9.32. The molecule has 0 aliphatic heterocycles. The molecule has 2 aromatic carbocycles. The van der Waals surface area contributed by atoms with Crippen molar-refractivity contribution in [2.75, 3.05) is 32.6 Å². The van der Waals surface area contributed by atoms with Gasteiger partial charge in [-0.25, -0.2) is 9.37 Å². The summed E-state index contributed by atoms with van der Waals surface area (Å²) >= 11 is 0. The van der Waals surface area contributed by atoms with Crippen LogP contribution in [0.1, 0.15) is 11.1 Å². The van der Waals surface area contributed by atoms with Gasteiger partial charge in [0.15, 0.2) is 5.96 Å². The van der Waals surface area contributed by atoms with E-state index < -0.39 is 0 Å². The number of guanidine groups is 1. The van der Waals surface area contributed by atoms with Gasteiger partial charge in [0.05, 0.1) is 5.52 Å². The number of hydrogen-bond acceptors (Lipinski definition) is 3. The van der Waals surface area contributed by atoms with Crippen LogP contribution >= 0.6 is 24.0 Å². The highest BCUT2D eigenvalue weighted by atomic mass is 127. The second-order valence-corrected chi connectivity index (χ2v) is 6.75. The third kappa shape index (κ3) is 6.03. The summed E-state index contributed by atoms with van der Waals surface area (Å²) in [7, 11) is 5.70. The minimum absolute atomic E-state index is 0. The fraction of sp³-hybridized carbons (Fsp3) is 0.273. The average molecular weight is 507 g/mol. The van der Waals surface area contributed by atoms with Gasteiger partial charge >= 0.3 is 0 Å². The SMILES string of the molecule is CN=C(NCCc1ccccc1F)NCc1cc(N(C)C)nc2ccccc12.I. The van der Waals surface area contributed by atoms with Crippen molar-refractivity contribution in [3.63, 3.8) is 0 Å². The van der Waals surface area contributed by atoms with E-state index in [1.54, 1.807) is 19.2 Å². The van der Waals surface area contributed by atoms with Gasteiger partial charge in [0.25, 0.3) is 0 Å². The summed E-state index contributed by atoms with van der Waals surface area (Å²) < 4.78 is 13.7. The van der Waals surface area contributed by atoms with Crippen LogP contribution in [0.15, 0.2) is 59.6 Å². The molecule has 1 heterocycles. The molecule has 1 aromatic heterocycles. The number of pyridine rings is 1. The van der Waals surface area contributed by atoms with E-state index in [0.29, 0.717) is 31.0 Å². The minimum Gasteiger partial charge on any atom is -0.363 e. The summed E-state index contributed by atoms with van der Waals surface area (Å²) in [4.78, 5) is 11.0. The molecule has 5 nitrogen and oxygen atoms in total. The van der Waals surface area contributed by atoms with Gasteiger partial charge in [-0.05, 0) is 35.7 Å². The molecule has 3 rings (SSSR count). The summed E-state index contributed by atoms with van der Waals surface area (Å²) in [5.74, 6) is 1.42. The second-order valence-electron chi connectivity index (χ2n) is 6.75. The quantitative estimate of drug-likeness (QED) is 0.301. The van der Waals surface area contributed by atoms with E-state index in [1.807, 2.05) is 43.3 Å². The van der Waals surface area contributed by atoms with Crippen LogP contribution in [-0.2, 0) is 13.0 Å². The molecule has 7 heteroatoms. The molecule has 0 aliphatic carbocycles.